The first-order valence-corrected chi connectivity index (χ1v) is 17.4. The van der Waals surface area contributed by atoms with Crippen LogP contribution in [-0.4, -0.2) is 43.8 Å². The molecule has 0 saturated heterocycles. The summed E-state index contributed by atoms with van der Waals surface area (Å²) in [5, 5.41) is 4.00. The van der Waals surface area contributed by atoms with Crippen LogP contribution in [0.3, 0.4) is 0 Å². The van der Waals surface area contributed by atoms with E-state index in [1.165, 1.54) is 17.0 Å². The average molecular weight is 701 g/mol. The number of hydrogen-bond donors (Lipinski definition) is 1. The largest absolute Gasteiger partial charge is 0.352 e. The predicted molar refractivity (Wildman–Crippen MR) is 186 cm³/mol. The van der Waals surface area contributed by atoms with Crippen molar-refractivity contribution in [3.63, 3.8) is 0 Å². The summed E-state index contributed by atoms with van der Waals surface area (Å²) < 4.78 is 29.4. The van der Waals surface area contributed by atoms with Crippen molar-refractivity contribution in [1.82, 2.24) is 10.2 Å². The van der Waals surface area contributed by atoms with Crippen LogP contribution in [0.4, 0.5) is 5.69 Å². The molecule has 2 amide bonds. The van der Waals surface area contributed by atoms with Crippen LogP contribution in [0.25, 0.3) is 0 Å². The summed E-state index contributed by atoms with van der Waals surface area (Å²) in [7, 11) is -4.25. The van der Waals surface area contributed by atoms with E-state index < -0.39 is 28.5 Å². The number of amides is 2. The molecule has 0 saturated carbocycles. The molecule has 2 atom stereocenters. The second kappa shape index (κ2) is 15.8. The topological polar surface area (TPSA) is 86.8 Å². The van der Waals surface area contributed by atoms with Gasteiger partial charge in [-0.25, -0.2) is 8.42 Å². The Bertz CT molecular complexity index is 1770. The summed E-state index contributed by atoms with van der Waals surface area (Å²) >= 11 is 19.0. The molecule has 0 heterocycles. The predicted octanol–water partition coefficient (Wildman–Crippen LogP) is 7.71. The summed E-state index contributed by atoms with van der Waals surface area (Å²) in [4.78, 5) is 30.0. The van der Waals surface area contributed by atoms with E-state index >= 15 is 0 Å². The van der Waals surface area contributed by atoms with Gasteiger partial charge in [-0.1, -0.05) is 102 Å². The van der Waals surface area contributed by atoms with Gasteiger partial charge in [0.2, 0.25) is 11.8 Å². The summed E-state index contributed by atoms with van der Waals surface area (Å²) in [6, 6.07) is 26.0. The second-order valence-corrected chi connectivity index (χ2v) is 14.1. The van der Waals surface area contributed by atoms with E-state index in [2.05, 4.69) is 5.32 Å². The lowest BCUT2D eigenvalue weighted by Gasteiger charge is -2.34. The van der Waals surface area contributed by atoms with Crippen LogP contribution >= 0.6 is 34.8 Å². The molecular formula is C35H36Cl3N3O4S. The Morgan fingerprint density at radius 2 is 1.46 bits per heavy atom. The fourth-order valence-electron chi connectivity index (χ4n) is 4.93. The molecule has 0 spiro atoms. The molecule has 0 bridgehead atoms. The molecule has 242 valence electrons. The monoisotopic (exact) mass is 699 g/mol. The maximum absolute atomic E-state index is 14.6. The van der Waals surface area contributed by atoms with Gasteiger partial charge in [0.15, 0.2) is 0 Å². The first-order valence-electron chi connectivity index (χ1n) is 14.8. The molecule has 7 nitrogen and oxygen atoms in total. The number of anilines is 1. The highest BCUT2D eigenvalue weighted by atomic mass is 35.5. The Kier molecular flexibility index (Phi) is 12.1. The lowest BCUT2D eigenvalue weighted by Crippen LogP contribution is -2.54. The van der Waals surface area contributed by atoms with Crippen molar-refractivity contribution < 1.29 is 18.0 Å². The average Bonchev–Trinajstić information content (AvgIpc) is 3.05. The van der Waals surface area contributed by atoms with Gasteiger partial charge >= 0.3 is 0 Å². The van der Waals surface area contributed by atoms with E-state index in [4.69, 9.17) is 34.8 Å². The Morgan fingerprint density at radius 1 is 0.804 bits per heavy atom. The lowest BCUT2D eigenvalue weighted by molar-refractivity contribution is -0.140. The van der Waals surface area contributed by atoms with Crippen molar-refractivity contribution in [3.05, 3.63) is 129 Å². The van der Waals surface area contributed by atoms with Gasteiger partial charge in [0.05, 0.1) is 20.6 Å². The number of benzene rings is 4. The van der Waals surface area contributed by atoms with Crippen molar-refractivity contribution in [3.8, 4) is 0 Å². The molecule has 0 radical (unpaired) electrons. The first-order chi connectivity index (χ1) is 21.9. The zero-order valence-electron chi connectivity index (χ0n) is 25.8. The minimum atomic E-state index is -4.25. The zero-order valence-corrected chi connectivity index (χ0v) is 28.9. The van der Waals surface area contributed by atoms with Crippen molar-refractivity contribution in [2.75, 3.05) is 10.8 Å². The number of rotatable bonds is 13. The highest BCUT2D eigenvalue weighted by Crippen LogP contribution is 2.32. The molecule has 0 unspecified atom stereocenters. The summed E-state index contributed by atoms with van der Waals surface area (Å²) in [6.07, 6.45) is 0.874. The van der Waals surface area contributed by atoms with E-state index in [-0.39, 0.29) is 40.5 Å². The molecule has 46 heavy (non-hydrogen) atoms. The normalized spacial score (nSPS) is 12.7. The lowest BCUT2D eigenvalue weighted by atomic mass is 10.0. The van der Waals surface area contributed by atoms with Crippen LogP contribution in [0, 0.1) is 6.92 Å². The van der Waals surface area contributed by atoms with Crippen LogP contribution < -0.4 is 9.62 Å². The summed E-state index contributed by atoms with van der Waals surface area (Å²) in [6.45, 7) is 4.91. The van der Waals surface area contributed by atoms with E-state index in [0.29, 0.717) is 27.6 Å². The van der Waals surface area contributed by atoms with E-state index in [0.717, 1.165) is 9.87 Å². The van der Waals surface area contributed by atoms with Gasteiger partial charge < -0.3 is 10.2 Å². The molecule has 0 aliphatic carbocycles. The van der Waals surface area contributed by atoms with Gasteiger partial charge in [0.1, 0.15) is 12.6 Å². The molecule has 0 fully saturated rings. The highest BCUT2D eigenvalue weighted by Gasteiger charge is 2.35. The van der Waals surface area contributed by atoms with Crippen molar-refractivity contribution in [1.29, 1.82) is 0 Å². The third-order valence-corrected chi connectivity index (χ3v) is 10.6. The number of carbonyl (C=O) groups is 2. The number of carbonyl (C=O) groups excluding carboxylic acids is 2. The molecule has 4 aromatic carbocycles. The number of hydrogen-bond acceptors (Lipinski definition) is 4. The maximum Gasteiger partial charge on any atom is 0.264 e. The standard InChI is InChI=1S/C35H36Cl3N3O4S/c1-4-24(2)39-35(43)33(21-26-12-7-5-8-13-26)40(22-27-18-19-30(37)31(38)20-27)34(42)23-41(32-17-11-16-29(36)25(32)3)46(44,45)28-14-9-6-10-15-28/h5-20,24,33H,4,21-23H2,1-3H3,(H,39,43)/t24-,33+/m1/s1. The molecule has 1 N–H and O–H groups in total. The molecule has 0 aromatic heterocycles. The van der Waals surface area contributed by atoms with Crippen molar-refractivity contribution in [2.45, 2.75) is 57.1 Å². The van der Waals surface area contributed by atoms with Gasteiger partial charge in [0.25, 0.3) is 10.0 Å². The van der Waals surface area contributed by atoms with Gasteiger partial charge in [-0.15, -0.1) is 0 Å². The van der Waals surface area contributed by atoms with Crippen LogP contribution in [0.15, 0.2) is 102 Å². The smallest absolute Gasteiger partial charge is 0.264 e. The molecule has 11 heteroatoms. The minimum absolute atomic E-state index is 0.00792. The molecular weight excluding hydrogens is 665 g/mol. The van der Waals surface area contributed by atoms with E-state index in [9.17, 15) is 18.0 Å². The third-order valence-electron chi connectivity index (χ3n) is 7.73. The Balaban J connectivity index is 1.85. The van der Waals surface area contributed by atoms with Crippen LogP contribution in [0.2, 0.25) is 15.1 Å². The van der Waals surface area contributed by atoms with Gasteiger partial charge in [-0.2, -0.15) is 0 Å². The number of sulfonamides is 1. The summed E-state index contributed by atoms with van der Waals surface area (Å²) in [5.74, 6) is -0.951. The maximum atomic E-state index is 14.6. The Hall–Kier alpha value is -3.56. The highest BCUT2D eigenvalue weighted by molar-refractivity contribution is 7.92. The first kappa shape index (κ1) is 35.3. The van der Waals surface area contributed by atoms with Gasteiger partial charge in [-0.05, 0) is 73.4 Å². The van der Waals surface area contributed by atoms with Gasteiger partial charge in [0, 0.05) is 24.0 Å². The fraction of sp³-hybridized carbons (Fsp3) is 0.257. The number of nitrogens with zero attached hydrogens (tertiary/aromatic N) is 2. The van der Waals surface area contributed by atoms with Gasteiger partial charge in [-0.3, -0.25) is 13.9 Å². The zero-order chi connectivity index (χ0) is 33.4. The number of nitrogens with one attached hydrogen (secondary N) is 1. The number of halogens is 3. The fourth-order valence-corrected chi connectivity index (χ4v) is 6.91. The van der Waals surface area contributed by atoms with E-state index in [1.807, 2.05) is 44.2 Å². The van der Waals surface area contributed by atoms with Crippen LogP contribution in [0.1, 0.15) is 37.0 Å². The molecule has 4 aromatic rings. The molecule has 4 rings (SSSR count). The quantitative estimate of drug-likeness (QED) is 0.155. The summed E-state index contributed by atoms with van der Waals surface area (Å²) in [5.41, 5.74) is 2.19. The molecule has 0 aliphatic rings. The third kappa shape index (κ3) is 8.62. The second-order valence-electron chi connectivity index (χ2n) is 11.0. The van der Waals surface area contributed by atoms with Crippen molar-refractivity contribution in [2.24, 2.45) is 0 Å². The molecule has 0 aliphatic heterocycles. The van der Waals surface area contributed by atoms with E-state index in [1.54, 1.807) is 61.5 Å². The van der Waals surface area contributed by atoms with Crippen molar-refractivity contribution >= 4 is 62.3 Å². The Labute approximate surface area is 286 Å². The van der Waals surface area contributed by atoms with Crippen LogP contribution in [0.5, 0.6) is 0 Å². The minimum Gasteiger partial charge on any atom is -0.352 e. The van der Waals surface area contributed by atoms with Crippen LogP contribution in [-0.2, 0) is 32.6 Å². The Morgan fingerprint density at radius 3 is 2.09 bits per heavy atom. The SMILES string of the molecule is CC[C@@H](C)NC(=O)[C@H](Cc1ccccc1)N(Cc1ccc(Cl)c(Cl)c1)C(=O)CN(c1cccc(Cl)c1C)S(=O)(=O)c1ccccc1.